The van der Waals surface area contributed by atoms with E-state index >= 15 is 0 Å². The van der Waals surface area contributed by atoms with Crippen LogP contribution in [0, 0.1) is 0 Å². The first-order chi connectivity index (χ1) is 10.4. The third kappa shape index (κ3) is 4.81. The largest absolute Gasteiger partial charge is 0.480 e. The molecule has 2 N–H and O–H groups in total. The number of rotatable bonds is 6. The molecule has 0 radical (unpaired) electrons. The summed E-state index contributed by atoms with van der Waals surface area (Å²) in [6, 6.07) is -0.949. The Labute approximate surface area is 129 Å². The standard InChI is InChI=1S/C14H23N5O3/c1-17-3-5-19(6-4-17)9-13(20)16-12(14(21)22)7-11-8-18(2)10-15-11/h8,10,12H,3-7,9H2,1-2H3,(H,16,20)(H,21,22)/t12-/m0/s1. The molecule has 1 amide bonds. The number of carbonyl (C=O) groups is 2. The van der Waals surface area contributed by atoms with Crippen LogP contribution in [-0.2, 0) is 23.1 Å². The normalized spacial score (nSPS) is 18.1. The van der Waals surface area contributed by atoms with Gasteiger partial charge in [-0.2, -0.15) is 0 Å². The highest BCUT2D eigenvalue weighted by molar-refractivity contribution is 5.84. The average molecular weight is 309 g/mol. The van der Waals surface area contributed by atoms with Crippen molar-refractivity contribution in [2.24, 2.45) is 7.05 Å². The van der Waals surface area contributed by atoms with Crippen molar-refractivity contribution in [3.8, 4) is 0 Å². The quantitative estimate of drug-likeness (QED) is 0.684. The highest BCUT2D eigenvalue weighted by Gasteiger charge is 2.23. The number of hydrogen-bond donors (Lipinski definition) is 2. The molecule has 122 valence electrons. The molecule has 0 spiro atoms. The van der Waals surface area contributed by atoms with Crippen LogP contribution in [0.25, 0.3) is 0 Å². The molecule has 0 aromatic carbocycles. The summed E-state index contributed by atoms with van der Waals surface area (Å²) in [4.78, 5) is 31.7. The van der Waals surface area contributed by atoms with Crippen LogP contribution in [0.1, 0.15) is 5.69 Å². The van der Waals surface area contributed by atoms with E-state index in [0.717, 1.165) is 26.2 Å². The molecular weight excluding hydrogens is 286 g/mol. The van der Waals surface area contributed by atoms with Gasteiger partial charge in [-0.1, -0.05) is 0 Å². The molecule has 22 heavy (non-hydrogen) atoms. The van der Waals surface area contributed by atoms with Gasteiger partial charge in [0.25, 0.3) is 0 Å². The van der Waals surface area contributed by atoms with Crippen molar-refractivity contribution in [2.75, 3.05) is 39.8 Å². The number of carbonyl (C=O) groups excluding carboxylic acids is 1. The molecule has 1 fully saturated rings. The zero-order chi connectivity index (χ0) is 16.1. The van der Waals surface area contributed by atoms with Crippen LogP contribution in [0.2, 0.25) is 0 Å². The van der Waals surface area contributed by atoms with Crippen molar-refractivity contribution in [3.63, 3.8) is 0 Å². The summed E-state index contributed by atoms with van der Waals surface area (Å²) in [6.45, 7) is 3.72. The molecular formula is C14H23N5O3. The van der Waals surface area contributed by atoms with Crippen molar-refractivity contribution in [2.45, 2.75) is 12.5 Å². The Kier molecular flexibility index (Phi) is 5.51. The molecule has 1 aromatic rings. The van der Waals surface area contributed by atoms with Gasteiger partial charge in [-0.05, 0) is 7.05 Å². The lowest BCUT2D eigenvalue weighted by Gasteiger charge is -2.32. The summed E-state index contributed by atoms with van der Waals surface area (Å²) in [5.74, 6) is -1.30. The minimum atomic E-state index is -1.04. The number of aromatic nitrogens is 2. The number of carboxylic acids is 1. The first-order valence-electron chi connectivity index (χ1n) is 7.34. The van der Waals surface area contributed by atoms with Gasteiger partial charge in [0.05, 0.1) is 18.6 Å². The number of aryl methyl sites for hydroxylation is 1. The average Bonchev–Trinajstić information content (AvgIpc) is 2.86. The van der Waals surface area contributed by atoms with Gasteiger partial charge in [-0.25, -0.2) is 9.78 Å². The minimum absolute atomic E-state index is 0.185. The molecule has 1 saturated heterocycles. The summed E-state index contributed by atoms with van der Waals surface area (Å²) in [5, 5.41) is 11.9. The zero-order valence-corrected chi connectivity index (χ0v) is 13.0. The molecule has 1 atom stereocenters. The monoisotopic (exact) mass is 309 g/mol. The number of nitrogens with zero attached hydrogens (tertiary/aromatic N) is 4. The van der Waals surface area contributed by atoms with Crippen molar-refractivity contribution < 1.29 is 14.7 Å². The Bertz CT molecular complexity index is 522. The fourth-order valence-corrected chi connectivity index (χ4v) is 2.43. The van der Waals surface area contributed by atoms with E-state index in [1.165, 1.54) is 0 Å². The maximum absolute atomic E-state index is 12.0. The van der Waals surface area contributed by atoms with E-state index in [2.05, 4.69) is 15.2 Å². The minimum Gasteiger partial charge on any atom is -0.480 e. The van der Waals surface area contributed by atoms with Crippen molar-refractivity contribution in [3.05, 3.63) is 18.2 Å². The SMILES string of the molecule is CN1CCN(CC(=O)N[C@@H](Cc2cn(C)cn2)C(=O)O)CC1. The second-order valence-electron chi connectivity index (χ2n) is 5.77. The molecule has 2 rings (SSSR count). The van der Waals surface area contributed by atoms with Gasteiger partial charge in [-0.15, -0.1) is 0 Å². The van der Waals surface area contributed by atoms with Crippen molar-refractivity contribution >= 4 is 11.9 Å². The van der Waals surface area contributed by atoms with Crippen molar-refractivity contribution in [1.29, 1.82) is 0 Å². The number of aliphatic carboxylic acids is 1. The highest BCUT2D eigenvalue weighted by Crippen LogP contribution is 2.02. The van der Waals surface area contributed by atoms with Gasteiger partial charge in [0.2, 0.25) is 5.91 Å². The third-order valence-electron chi connectivity index (χ3n) is 3.77. The first kappa shape index (κ1) is 16.4. The number of carboxylic acid groups (broad SMARTS) is 1. The predicted octanol–water partition coefficient (Wildman–Crippen LogP) is -1.22. The topological polar surface area (TPSA) is 90.7 Å². The summed E-state index contributed by atoms with van der Waals surface area (Å²) in [5.41, 5.74) is 0.648. The molecule has 0 bridgehead atoms. The molecule has 8 heteroatoms. The summed E-state index contributed by atoms with van der Waals surface area (Å²) < 4.78 is 1.75. The predicted molar refractivity (Wildman–Crippen MR) is 80.4 cm³/mol. The van der Waals surface area contributed by atoms with E-state index < -0.39 is 12.0 Å². The van der Waals surface area contributed by atoms with Gasteiger partial charge < -0.3 is 19.9 Å². The molecule has 1 aliphatic rings. The molecule has 2 heterocycles. The smallest absolute Gasteiger partial charge is 0.326 e. The van der Waals surface area contributed by atoms with Crippen LogP contribution in [0.5, 0.6) is 0 Å². The lowest BCUT2D eigenvalue weighted by atomic mass is 10.1. The third-order valence-corrected chi connectivity index (χ3v) is 3.77. The highest BCUT2D eigenvalue weighted by atomic mass is 16.4. The maximum Gasteiger partial charge on any atom is 0.326 e. The van der Waals surface area contributed by atoms with E-state index in [9.17, 15) is 14.7 Å². The van der Waals surface area contributed by atoms with Crippen LogP contribution in [0.3, 0.4) is 0 Å². The van der Waals surface area contributed by atoms with Crippen LogP contribution >= 0.6 is 0 Å². The number of piperazine rings is 1. The lowest BCUT2D eigenvalue weighted by Crippen LogP contribution is -2.51. The van der Waals surface area contributed by atoms with Crippen molar-refractivity contribution in [1.82, 2.24) is 24.7 Å². The molecule has 8 nitrogen and oxygen atoms in total. The Morgan fingerprint density at radius 1 is 1.32 bits per heavy atom. The number of amides is 1. The molecule has 1 aliphatic heterocycles. The number of hydrogen-bond acceptors (Lipinski definition) is 5. The number of nitrogens with one attached hydrogen (secondary N) is 1. The second kappa shape index (κ2) is 7.37. The fraction of sp³-hybridized carbons (Fsp3) is 0.643. The van der Waals surface area contributed by atoms with Crippen LogP contribution in [0.4, 0.5) is 0 Å². The van der Waals surface area contributed by atoms with Gasteiger partial charge >= 0.3 is 5.97 Å². The van der Waals surface area contributed by atoms with E-state index in [4.69, 9.17) is 0 Å². The maximum atomic E-state index is 12.0. The second-order valence-corrected chi connectivity index (χ2v) is 5.77. The van der Waals surface area contributed by atoms with E-state index in [1.807, 2.05) is 19.0 Å². The van der Waals surface area contributed by atoms with E-state index in [-0.39, 0.29) is 18.9 Å². The number of likely N-dealkylation sites (N-methyl/N-ethyl adjacent to an activating group) is 1. The van der Waals surface area contributed by atoms with Gasteiger partial charge in [0, 0.05) is 45.8 Å². The Hall–Kier alpha value is -1.93. The van der Waals surface area contributed by atoms with E-state index in [0.29, 0.717) is 5.69 Å². The molecule has 0 saturated carbocycles. The first-order valence-corrected chi connectivity index (χ1v) is 7.34. The van der Waals surface area contributed by atoms with Crippen LogP contribution < -0.4 is 5.32 Å². The lowest BCUT2D eigenvalue weighted by molar-refractivity contribution is -0.142. The summed E-state index contributed by atoms with van der Waals surface area (Å²) >= 11 is 0. The zero-order valence-electron chi connectivity index (χ0n) is 13.0. The van der Waals surface area contributed by atoms with Crippen LogP contribution in [0.15, 0.2) is 12.5 Å². The molecule has 1 aromatic heterocycles. The number of imidazole rings is 1. The van der Waals surface area contributed by atoms with Crippen LogP contribution in [-0.4, -0.2) is 82.1 Å². The fourth-order valence-electron chi connectivity index (χ4n) is 2.43. The van der Waals surface area contributed by atoms with Gasteiger partial charge in [0.1, 0.15) is 6.04 Å². The molecule has 0 aliphatic carbocycles. The Morgan fingerprint density at radius 2 is 2.00 bits per heavy atom. The molecule has 0 unspecified atom stereocenters. The summed E-state index contributed by atoms with van der Waals surface area (Å²) in [7, 11) is 3.86. The summed E-state index contributed by atoms with van der Waals surface area (Å²) in [6.07, 6.45) is 3.55. The van der Waals surface area contributed by atoms with Gasteiger partial charge in [0.15, 0.2) is 0 Å². The Morgan fingerprint density at radius 3 is 2.55 bits per heavy atom. The van der Waals surface area contributed by atoms with Gasteiger partial charge in [-0.3, -0.25) is 9.69 Å². The van der Waals surface area contributed by atoms with E-state index in [1.54, 1.807) is 17.1 Å². The Balaban J connectivity index is 1.84.